The fourth-order valence-electron chi connectivity index (χ4n) is 4.47. The van der Waals surface area contributed by atoms with E-state index in [9.17, 15) is 4.79 Å². The molecule has 0 atom stereocenters. The summed E-state index contributed by atoms with van der Waals surface area (Å²) in [6.07, 6.45) is 4.30. The maximum atomic E-state index is 14.2. The van der Waals surface area contributed by atoms with Crippen molar-refractivity contribution in [2.24, 2.45) is 0 Å². The number of rotatable bonds is 5. The molecule has 4 aromatic rings. The Balaban J connectivity index is 1.76. The lowest BCUT2D eigenvalue weighted by Gasteiger charge is -2.27. The van der Waals surface area contributed by atoms with Gasteiger partial charge in [0.25, 0.3) is 5.91 Å². The molecule has 0 fully saturated rings. The second-order valence-corrected chi connectivity index (χ2v) is 8.60. The zero-order valence-corrected chi connectivity index (χ0v) is 20.4. The number of carbonyl (C=O) groups excluding carboxylic acids is 1. The molecule has 5 rings (SSSR count). The molecule has 36 heavy (non-hydrogen) atoms. The SMILES string of the molecule is COc1ccc(C(=O)N2C(c3ccccc3)=CC(c3ccccc3)=CC(c3ccccc3)=C2C)cc1. The van der Waals surface area contributed by atoms with E-state index in [0.717, 1.165) is 39.2 Å². The van der Waals surface area contributed by atoms with Crippen molar-refractivity contribution >= 4 is 22.8 Å². The third kappa shape index (κ3) is 4.64. The third-order valence-electron chi connectivity index (χ3n) is 6.36. The van der Waals surface area contributed by atoms with Crippen LogP contribution in [0.3, 0.4) is 0 Å². The van der Waals surface area contributed by atoms with Crippen LogP contribution in [-0.2, 0) is 0 Å². The van der Waals surface area contributed by atoms with E-state index < -0.39 is 0 Å². The molecule has 3 heteroatoms. The molecular formula is C33H27NO2. The molecule has 176 valence electrons. The molecule has 0 aromatic heterocycles. The van der Waals surface area contributed by atoms with Crippen molar-refractivity contribution < 1.29 is 9.53 Å². The zero-order chi connectivity index (χ0) is 24.9. The van der Waals surface area contributed by atoms with E-state index >= 15 is 0 Å². The summed E-state index contributed by atoms with van der Waals surface area (Å²) in [7, 11) is 1.62. The van der Waals surface area contributed by atoms with Gasteiger partial charge in [0.15, 0.2) is 0 Å². The van der Waals surface area contributed by atoms with Crippen molar-refractivity contribution in [3.63, 3.8) is 0 Å². The summed E-state index contributed by atoms with van der Waals surface area (Å²) in [5.41, 5.74) is 7.43. The van der Waals surface area contributed by atoms with Crippen molar-refractivity contribution in [1.29, 1.82) is 0 Å². The summed E-state index contributed by atoms with van der Waals surface area (Å²) in [5, 5.41) is 0. The van der Waals surface area contributed by atoms with Gasteiger partial charge in [-0.2, -0.15) is 0 Å². The summed E-state index contributed by atoms with van der Waals surface area (Å²) >= 11 is 0. The first-order chi connectivity index (χ1) is 17.7. The number of nitrogens with zero attached hydrogens (tertiary/aromatic N) is 1. The molecule has 0 saturated heterocycles. The van der Waals surface area contributed by atoms with Gasteiger partial charge in [-0.15, -0.1) is 0 Å². The summed E-state index contributed by atoms with van der Waals surface area (Å²) in [5.74, 6) is 0.618. The number of hydrogen-bond acceptors (Lipinski definition) is 2. The van der Waals surface area contributed by atoms with Gasteiger partial charge >= 0.3 is 0 Å². The van der Waals surface area contributed by atoms with E-state index in [2.05, 4.69) is 36.4 Å². The fourth-order valence-corrected chi connectivity index (χ4v) is 4.47. The molecule has 0 bridgehead atoms. The largest absolute Gasteiger partial charge is 0.497 e. The number of allylic oxidation sites excluding steroid dienone is 5. The minimum Gasteiger partial charge on any atom is -0.497 e. The van der Waals surface area contributed by atoms with Crippen molar-refractivity contribution in [2.45, 2.75) is 6.92 Å². The van der Waals surface area contributed by atoms with Gasteiger partial charge in [-0.3, -0.25) is 9.69 Å². The minimum absolute atomic E-state index is 0.0959. The summed E-state index contributed by atoms with van der Waals surface area (Å²) in [4.78, 5) is 16.0. The first-order valence-electron chi connectivity index (χ1n) is 11.9. The van der Waals surface area contributed by atoms with Crippen LogP contribution in [-0.4, -0.2) is 17.9 Å². The Morgan fingerprint density at radius 2 is 1.17 bits per heavy atom. The number of methoxy groups -OCH3 is 1. The highest BCUT2D eigenvalue weighted by atomic mass is 16.5. The van der Waals surface area contributed by atoms with Crippen LogP contribution in [0.15, 0.2) is 133 Å². The normalized spacial score (nSPS) is 13.6. The van der Waals surface area contributed by atoms with Gasteiger partial charge in [0.05, 0.1) is 12.8 Å². The third-order valence-corrected chi connectivity index (χ3v) is 6.36. The molecule has 1 amide bonds. The summed E-state index contributed by atoms with van der Waals surface area (Å²) in [6, 6.07) is 37.9. The second-order valence-electron chi connectivity index (χ2n) is 8.60. The predicted octanol–water partition coefficient (Wildman–Crippen LogP) is 7.71. The number of ether oxygens (including phenoxy) is 1. The Labute approximate surface area is 212 Å². The van der Waals surface area contributed by atoms with Gasteiger partial charge in [-0.25, -0.2) is 0 Å². The lowest BCUT2D eigenvalue weighted by atomic mass is 9.98. The Kier molecular flexibility index (Phi) is 6.63. The van der Waals surface area contributed by atoms with E-state index in [0.29, 0.717) is 11.3 Å². The van der Waals surface area contributed by atoms with Crippen LogP contribution < -0.4 is 4.74 Å². The number of hydrogen-bond donors (Lipinski definition) is 0. The van der Waals surface area contributed by atoms with Crippen molar-refractivity contribution in [2.75, 3.05) is 7.11 Å². The van der Waals surface area contributed by atoms with Gasteiger partial charge in [-0.05, 0) is 65.6 Å². The molecule has 0 spiro atoms. The summed E-state index contributed by atoms with van der Waals surface area (Å²) < 4.78 is 5.31. The molecule has 0 unspecified atom stereocenters. The van der Waals surface area contributed by atoms with Gasteiger partial charge in [0, 0.05) is 16.8 Å². The van der Waals surface area contributed by atoms with Crippen molar-refractivity contribution in [1.82, 2.24) is 4.90 Å². The molecule has 4 aromatic carbocycles. The summed E-state index contributed by atoms with van der Waals surface area (Å²) in [6.45, 7) is 2.02. The van der Waals surface area contributed by atoms with Gasteiger partial charge in [0.1, 0.15) is 5.75 Å². The van der Waals surface area contributed by atoms with Crippen LogP contribution in [0.25, 0.3) is 16.8 Å². The maximum absolute atomic E-state index is 14.2. The van der Waals surface area contributed by atoms with Gasteiger partial charge < -0.3 is 4.74 Å². The van der Waals surface area contributed by atoms with Crippen molar-refractivity contribution in [3.05, 3.63) is 155 Å². The maximum Gasteiger partial charge on any atom is 0.262 e. The Morgan fingerprint density at radius 1 is 0.639 bits per heavy atom. The lowest BCUT2D eigenvalue weighted by molar-refractivity contribution is 0.0869. The second kappa shape index (κ2) is 10.3. The molecular weight excluding hydrogens is 442 g/mol. The lowest BCUT2D eigenvalue weighted by Crippen LogP contribution is -2.28. The number of benzene rings is 4. The number of amides is 1. The van der Waals surface area contributed by atoms with Crippen LogP contribution >= 0.6 is 0 Å². The van der Waals surface area contributed by atoms with Crippen LogP contribution in [0.2, 0.25) is 0 Å². The fraction of sp³-hybridized carbons (Fsp3) is 0.0606. The van der Waals surface area contributed by atoms with Crippen LogP contribution in [0, 0.1) is 0 Å². The first-order valence-corrected chi connectivity index (χ1v) is 11.9. The Hall–Kier alpha value is -4.63. The highest BCUT2D eigenvalue weighted by molar-refractivity contribution is 6.06. The van der Waals surface area contributed by atoms with Gasteiger partial charge in [0.2, 0.25) is 0 Å². The predicted molar refractivity (Wildman–Crippen MR) is 147 cm³/mol. The topological polar surface area (TPSA) is 29.5 Å². The molecule has 0 N–H and O–H groups in total. The van der Waals surface area contributed by atoms with E-state index in [1.165, 1.54) is 0 Å². The standard InChI is InChI=1S/C33H27NO2/c1-24-31(26-14-8-4-9-15-26)22-29(25-12-6-3-7-13-25)23-32(27-16-10-5-11-17-27)34(24)33(35)28-18-20-30(36-2)21-19-28/h3-23H,1-2H3. The van der Waals surface area contributed by atoms with E-state index in [4.69, 9.17) is 4.74 Å². The minimum atomic E-state index is -0.0959. The van der Waals surface area contributed by atoms with Crippen LogP contribution in [0.5, 0.6) is 5.75 Å². The molecule has 3 nitrogen and oxygen atoms in total. The average molecular weight is 470 g/mol. The van der Waals surface area contributed by atoms with E-state index in [1.54, 1.807) is 7.11 Å². The zero-order valence-electron chi connectivity index (χ0n) is 20.4. The molecule has 0 aliphatic carbocycles. The molecule has 0 saturated carbocycles. The van der Waals surface area contributed by atoms with Gasteiger partial charge in [-0.1, -0.05) is 91.0 Å². The molecule has 1 aliphatic rings. The van der Waals surface area contributed by atoms with Crippen molar-refractivity contribution in [3.8, 4) is 5.75 Å². The average Bonchev–Trinajstić information content (AvgIpc) is 3.11. The molecule has 0 radical (unpaired) electrons. The van der Waals surface area contributed by atoms with Crippen LogP contribution in [0.4, 0.5) is 0 Å². The van der Waals surface area contributed by atoms with E-state index in [1.807, 2.05) is 103 Å². The quantitative estimate of drug-likeness (QED) is 0.300. The van der Waals surface area contributed by atoms with E-state index in [-0.39, 0.29) is 5.91 Å². The highest BCUT2D eigenvalue weighted by Crippen LogP contribution is 2.38. The first kappa shape index (κ1) is 23.1. The van der Waals surface area contributed by atoms with Crippen LogP contribution in [0.1, 0.15) is 34.0 Å². The Bertz CT molecular complexity index is 1450. The smallest absolute Gasteiger partial charge is 0.262 e. The monoisotopic (exact) mass is 469 g/mol. The highest BCUT2D eigenvalue weighted by Gasteiger charge is 2.27. The molecule has 1 heterocycles. The molecule has 1 aliphatic heterocycles. The Morgan fingerprint density at radius 3 is 1.72 bits per heavy atom. The number of carbonyl (C=O) groups is 1.